The molecule has 0 bridgehead atoms. The number of thiol groups is 1. The van der Waals surface area contributed by atoms with Crippen LogP contribution in [0.4, 0.5) is 5.69 Å². The monoisotopic (exact) mass is 226 g/mol. The summed E-state index contributed by atoms with van der Waals surface area (Å²) in [5.74, 6) is 0. The van der Waals surface area contributed by atoms with Gasteiger partial charge in [0.15, 0.2) is 5.57 Å². The van der Waals surface area contributed by atoms with Gasteiger partial charge in [0.05, 0.1) is 5.69 Å². The first-order valence-corrected chi connectivity index (χ1v) is 4.67. The molecule has 0 aliphatic heterocycles. The standard InChI is InChI=1S/C11H6N4S/c12-5-8(6-13)10(7-14)15-9-3-1-2-4-11(9)16/h1-4,15-16H. The molecule has 1 N–H and O–H groups in total. The van der Waals surface area contributed by atoms with Gasteiger partial charge in [-0.1, -0.05) is 12.1 Å². The average molecular weight is 226 g/mol. The summed E-state index contributed by atoms with van der Waals surface area (Å²) < 4.78 is 0. The second-order valence-electron chi connectivity index (χ2n) is 2.73. The van der Waals surface area contributed by atoms with Gasteiger partial charge >= 0.3 is 0 Å². The number of rotatable bonds is 2. The van der Waals surface area contributed by atoms with E-state index >= 15 is 0 Å². The van der Waals surface area contributed by atoms with E-state index in [2.05, 4.69) is 17.9 Å². The molecule has 0 aliphatic rings. The second-order valence-corrected chi connectivity index (χ2v) is 3.21. The van der Waals surface area contributed by atoms with Crippen molar-refractivity contribution in [3.63, 3.8) is 0 Å². The first-order chi connectivity index (χ1) is 7.72. The van der Waals surface area contributed by atoms with Gasteiger partial charge in [-0.2, -0.15) is 15.8 Å². The Kier molecular flexibility index (Phi) is 3.98. The van der Waals surface area contributed by atoms with Crippen LogP contribution in [0, 0.1) is 34.0 Å². The van der Waals surface area contributed by atoms with Crippen molar-refractivity contribution in [3.8, 4) is 18.2 Å². The molecule has 76 valence electrons. The molecular formula is C11H6N4S. The van der Waals surface area contributed by atoms with Crippen LogP contribution in [0.15, 0.2) is 40.4 Å². The molecule has 1 aromatic carbocycles. The summed E-state index contributed by atoms with van der Waals surface area (Å²) in [7, 11) is 0. The summed E-state index contributed by atoms with van der Waals surface area (Å²) in [4.78, 5) is 0.630. The van der Waals surface area contributed by atoms with Crippen LogP contribution in [0.5, 0.6) is 0 Å². The molecule has 0 amide bonds. The zero-order chi connectivity index (χ0) is 12.0. The van der Waals surface area contributed by atoms with Crippen LogP contribution < -0.4 is 5.32 Å². The van der Waals surface area contributed by atoms with Gasteiger partial charge in [0.25, 0.3) is 0 Å². The lowest BCUT2D eigenvalue weighted by molar-refractivity contribution is 1.34. The number of anilines is 1. The quantitative estimate of drug-likeness (QED) is 0.598. The number of allylic oxidation sites excluding steroid dienone is 2. The third-order valence-electron chi connectivity index (χ3n) is 1.75. The van der Waals surface area contributed by atoms with Gasteiger partial charge in [-0.05, 0) is 12.1 Å². The van der Waals surface area contributed by atoms with Crippen molar-refractivity contribution in [1.29, 1.82) is 15.8 Å². The first kappa shape index (κ1) is 11.7. The highest BCUT2D eigenvalue weighted by Crippen LogP contribution is 2.20. The van der Waals surface area contributed by atoms with Gasteiger partial charge in [0.2, 0.25) is 0 Å². The van der Waals surface area contributed by atoms with Crippen LogP contribution in [0.3, 0.4) is 0 Å². The summed E-state index contributed by atoms with van der Waals surface area (Å²) in [5, 5.41) is 28.8. The fraction of sp³-hybridized carbons (Fsp3) is 0. The Labute approximate surface area is 98.4 Å². The van der Waals surface area contributed by atoms with Crippen molar-refractivity contribution < 1.29 is 0 Å². The second kappa shape index (κ2) is 5.46. The van der Waals surface area contributed by atoms with E-state index in [1.807, 2.05) is 0 Å². The Morgan fingerprint density at radius 3 is 2.19 bits per heavy atom. The van der Waals surface area contributed by atoms with E-state index in [1.165, 1.54) is 0 Å². The van der Waals surface area contributed by atoms with Crippen molar-refractivity contribution in [2.24, 2.45) is 0 Å². The molecule has 1 rings (SSSR count). The van der Waals surface area contributed by atoms with Crippen LogP contribution in [0.1, 0.15) is 0 Å². The summed E-state index contributed by atoms with van der Waals surface area (Å²) in [6.07, 6.45) is 0. The molecule has 1 aromatic rings. The SMILES string of the molecule is N#CC(C#N)=C(C#N)Nc1ccccc1S. The number of hydrogen-bond donors (Lipinski definition) is 2. The number of nitrogens with one attached hydrogen (secondary N) is 1. The van der Waals surface area contributed by atoms with E-state index in [-0.39, 0.29) is 11.3 Å². The first-order valence-electron chi connectivity index (χ1n) is 4.22. The summed E-state index contributed by atoms with van der Waals surface area (Å²) in [5.41, 5.74) is 0.246. The highest BCUT2D eigenvalue weighted by molar-refractivity contribution is 7.80. The summed E-state index contributed by atoms with van der Waals surface area (Å²) in [6, 6.07) is 12.1. The van der Waals surface area contributed by atoms with Crippen LogP contribution in [0.25, 0.3) is 0 Å². The van der Waals surface area contributed by atoms with Crippen molar-refractivity contribution in [2.45, 2.75) is 4.90 Å². The molecular weight excluding hydrogens is 220 g/mol. The van der Waals surface area contributed by atoms with E-state index in [0.29, 0.717) is 10.6 Å². The minimum absolute atomic E-state index is 0.0773. The maximum atomic E-state index is 8.81. The Hall–Kier alpha value is -2.42. The average Bonchev–Trinajstić information content (AvgIpc) is 2.31. The zero-order valence-electron chi connectivity index (χ0n) is 8.10. The molecule has 0 saturated heterocycles. The number of hydrogen-bond acceptors (Lipinski definition) is 5. The van der Waals surface area contributed by atoms with Gasteiger partial charge in [-0.15, -0.1) is 12.6 Å². The largest absolute Gasteiger partial charge is 0.344 e. The molecule has 16 heavy (non-hydrogen) atoms. The highest BCUT2D eigenvalue weighted by Gasteiger charge is 2.07. The van der Waals surface area contributed by atoms with Gasteiger partial charge in [0.1, 0.15) is 23.9 Å². The minimum atomic E-state index is -0.251. The van der Waals surface area contributed by atoms with E-state index < -0.39 is 0 Å². The Balaban J connectivity index is 3.13. The minimum Gasteiger partial charge on any atom is -0.344 e. The molecule has 4 nitrogen and oxygen atoms in total. The molecule has 0 unspecified atom stereocenters. The number of para-hydroxylation sites is 1. The van der Waals surface area contributed by atoms with Crippen LogP contribution in [0.2, 0.25) is 0 Å². The van der Waals surface area contributed by atoms with E-state index in [9.17, 15) is 0 Å². The number of benzene rings is 1. The Morgan fingerprint density at radius 1 is 1.06 bits per heavy atom. The number of nitrogens with zero attached hydrogens (tertiary/aromatic N) is 3. The van der Waals surface area contributed by atoms with E-state index in [0.717, 1.165) is 0 Å². The van der Waals surface area contributed by atoms with E-state index in [1.54, 1.807) is 42.5 Å². The number of nitriles is 3. The summed E-state index contributed by atoms with van der Waals surface area (Å²) >= 11 is 4.18. The third-order valence-corrected chi connectivity index (χ3v) is 2.14. The lowest BCUT2D eigenvalue weighted by atomic mass is 10.2. The molecule has 0 heterocycles. The van der Waals surface area contributed by atoms with Gasteiger partial charge in [-0.3, -0.25) is 0 Å². The molecule has 0 saturated carbocycles. The van der Waals surface area contributed by atoms with Crippen LogP contribution in [-0.2, 0) is 0 Å². The lowest BCUT2D eigenvalue weighted by Gasteiger charge is -2.06. The van der Waals surface area contributed by atoms with Crippen LogP contribution in [-0.4, -0.2) is 0 Å². The normalized spacial score (nSPS) is 8.12. The molecule has 0 aliphatic carbocycles. The molecule has 5 heteroatoms. The maximum absolute atomic E-state index is 8.81. The summed E-state index contributed by atoms with van der Waals surface area (Å²) in [6.45, 7) is 0. The van der Waals surface area contributed by atoms with Crippen LogP contribution >= 0.6 is 12.6 Å². The van der Waals surface area contributed by atoms with E-state index in [4.69, 9.17) is 15.8 Å². The van der Waals surface area contributed by atoms with Gasteiger partial charge in [0, 0.05) is 4.90 Å². The molecule has 0 aromatic heterocycles. The van der Waals surface area contributed by atoms with Crippen molar-refractivity contribution in [2.75, 3.05) is 5.32 Å². The highest BCUT2D eigenvalue weighted by atomic mass is 32.1. The Morgan fingerprint density at radius 2 is 1.69 bits per heavy atom. The predicted octanol–water partition coefficient (Wildman–Crippen LogP) is 2.21. The molecule has 0 fully saturated rings. The maximum Gasteiger partial charge on any atom is 0.163 e. The predicted molar refractivity (Wildman–Crippen MR) is 61.2 cm³/mol. The third kappa shape index (κ3) is 2.54. The smallest absolute Gasteiger partial charge is 0.163 e. The van der Waals surface area contributed by atoms with Crippen molar-refractivity contribution in [1.82, 2.24) is 0 Å². The Bertz CT molecular complexity index is 539. The molecule has 0 radical (unpaired) electrons. The van der Waals surface area contributed by atoms with Gasteiger partial charge in [-0.25, -0.2) is 0 Å². The topological polar surface area (TPSA) is 83.4 Å². The fourth-order valence-electron chi connectivity index (χ4n) is 0.997. The van der Waals surface area contributed by atoms with Crippen molar-refractivity contribution in [3.05, 3.63) is 35.5 Å². The molecule has 0 spiro atoms. The van der Waals surface area contributed by atoms with Crippen molar-refractivity contribution >= 4 is 18.3 Å². The molecule has 0 atom stereocenters. The zero-order valence-corrected chi connectivity index (χ0v) is 8.99. The van der Waals surface area contributed by atoms with Gasteiger partial charge < -0.3 is 5.32 Å². The fourth-order valence-corrected chi connectivity index (χ4v) is 1.21. The lowest BCUT2D eigenvalue weighted by Crippen LogP contribution is -2.01.